The van der Waals surface area contributed by atoms with Crippen LogP contribution in [-0.4, -0.2) is 9.84 Å². The Hall–Kier alpha value is 1.59. The Bertz CT molecular complexity index is 38.5. The first-order valence-corrected chi connectivity index (χ1v) is 13.0. The van der Waals surface area contributed by atoms with Gasteiger partial charge in [0, 0.05) is 0 Å². The first kappa shape index (κ1) is 7.59. The standard InChI is InChI=1S/C2H8GeS3/c1-2-3(4,5)6/h4-6H,2H2,1H3. The Morgan fingerprint density at radius 2 is 1.50 bits per heavy atom. The number of thiol groups is 3. The van der Waals surface area contributed by atoms with Crippen molar-refractivity contribution in [2.45, 2.75) is 12.2 Å². The monoisotopic (exact) mass is 202 g/mol. The van der Waals surface area contributed by atoms with Gasteiger partial charge in [0.2, 0.25) is 0 Å². The van der Waals surface area contributed by atoms with E-state index in [0.29, 0.717) is 0 Å². The summed E-state index contributed by atoms with van der Waals surface area (Å²) >= 11 is 0. The predicted molar refractivity (Wildman–Crippen MR) is 43.2 cm³/mol. The van der Waals surface area contributed by atoms with Gasteiger partial charge in [-0.25, -0.2) is 0 Å². The van der Waals surface area contributed by atoms with Crippen LogP contribution in [0.25, 0.3) is 0 Å². The minimum absolute atomic E-state index is 1.05. The molecule has 0 nitrogen and oxygen atoms in total. The van der Waals surface area contributed by atoms with E-state index in [1.165, 1.54) is 0 Å². The fraction of sp³-hybridized carbons (Fsp3) is 1.00. The third-order valence-electron chi connectivity index (χ3n) is 0.474. The van der Waals surface area contributed by atoms with Gasteiger partial charge in [-0.05, 0) is 0 Å². The summed E-state index contributed by atoms with van der Waals surface area (Å²) in [5, 5.41) is 1.05. The van der Waals surface area contributed by atoms with Gasteiger partial charge in [-0.2, -0.15) is 0 Å². The van der Waals surface area contributed by atoms with E-state index in [-0.39, 0.29) is 0 Å². The molecule has 0 aliphatic heterocycles. The van der Waals surface area contributed by atoms with E-state index in [1.54, 1.807) is 0 Å². The third kappa shape index (κ3) is 5.59. The molecular weight excluding hydrogens is 193 g/mol. The van der Waals surface area contributed by atoms with Crippen LogP contribution in [0.2, 0.25) is 5.25 Å². The second kappa shape index (κ2) is 2.79. The molecule has 0 spiro atoms. The molecule has 0 aromatic rings. The molecule has 0 aliphatic rings. The molecule has 0 saturated carbocycles. The Morgan fingerprint density at radius 1 is 1.33 bits per heavy atom. The van der Waals surface area contributed by atoms with Crippen molar-refractivity contribution < 1.29 is 0 Å². The van der Waals surface area contributed by atoms with Crippen molar-refractivity contribution in [2.24, 2.45) is 0 Å². The van der Waals surface area contributed by atoms with Crippen molar-refractivity contribution in [2.75, 3.05) is 0 Å². The second-order valence-electron chi connectivity index (χ2n) is 1.13. The number of hydrogen-bond acceptors (Lipinski definition) is 3. The van der Waals surface area contributed by atoms with Gasteiger partial charge in [0.05, 0.1) is 0 Å². The van der Waals surface area contributed by atoms with Crippen molar-refractivity contribution in [3.05, 3.63) is 0 Å². The average Bonchev–Trinajstić information content (AvgIpc) is 1.35. The summed E-state index contributed by atoms with van der Waals surface area (Å²) in [5.41, 5.74) is 0. The molecule has 0 unspecified atom stereocenters. The number of rotatable bonds is 1. The summed E-state index contributed by atoms with van der Waals surface area (Å²) in [7, 11) is 10.6. The van der Waals surface area contributed by atoms with Crippen molar-refractivity contribution in [1.29, 1.82) is 0 Å². The molecule has 0 aromatic carbocycles. The van der Waals surface area contributed by atoms with Crippen molar-refractivity contribution in [3.63, 3.8) is 0 Å². The molecule has 0 rings (SSSR count). The van der Waals surface area contributed by atoms with E-state index in [2.05, 4.69) is 39.8 Å². The van der Waals surface area contributed by atoms with Crippen molar-refractivity contribution >= 4 is 42.7 Å². The van der Waals surface area contributed by atoms with Gasteiger partial charge in [0.1, 0.15) is 0 Å². The summed E-state index contributed by atoms with van der Waals surface area (Å²) in [5.74, 6) is 0. The molecule has 0 saturated heterocycles. The average molecular weight is 201 g/mol. The normalized spacial score (nSPS) is 12.0. The molecule has 0 amide bonds. The third-order valence-corrected chi connectivity index (χ3v) is 7.39. The van der Waals surface area contributed by atoms with Crippen LogP contribution >= 0.6 is 32.9 Å². The Balaban J connectivity index is 3.17. The fourth-order valence-electron chi connectivity index (χ4n) is 0. The van der Waals surface area contributed by atoms with Gasteiger partial charge >= 0.3 is 54.9 Å². The van der Waals surface area contributed by atoms with Crippen LogP contribution in [0.15, 0.2) is 0 Å². The van der Waals surface area contributed by atoms with E-state index in [9.17, 15) is 0 Å². The van der Waals surface area contributed by atoms with Crippen molar-refractivity contribution in [3.8, 4) is 0 Å². The van der Waals surface area contributed by atoms with E-state index in [4.69, 9.17) is 0 Å². The number of hydrogen-bond donors (Lipinski definition) is 3. The Labute approximate surface area is 54.7 Å². The zero-order valence-corrected chi connectivity index (χ0v) is 8.33. The van der Waals surface area contributed by atoms with Crippen LogP contribution in [0.5, 0.6) is 0 Å². The molecule has 0 heterocycles. The molecule has 4 heteroatoms. The fourth-order valence-corrected chi connectivity index (χ4v) is 0. The van der Waals surface area contributed by atoms with Gasteiger partial charge in [-0.15, -0.1) is 0 Å². The minimum atomic E-state index is -1.96. The van der Waals surface area contributed by atoms with Crippen LogP contribution < -0.4 is 0 Å². The van der Waals surface area contributed by atoms with Gasteiger partial charge in [0.25, 0.3) is 0 Å². The maximum atomic E-state index is 4.17. The molecule has 0 radical (unpaired) electrons. The van der Waals surface area contributed by atoms with Gasteiger partial charge < -0.3 is 0 Å². The van der Waals surface area contributed by atoms with Crippen LogP contribution in [0, 0.1) is 0 Å². The van der Waals surface area contributed by atoms with E-state index < -0.39 is 9.84 Å². The molecule has 0 N–H and O–H groups in total. The zero-order chi connectivity index (χ0) is 5.21. The van der Waals surface area contributed by atoms with Crippen LogP contribution in [-0.2, 0) is 0 Å². The maximum absolute atomic E-state index is 4.17. The predicted octanol–water partition coefficient (Wildman–Crippen LogP) is 1.73. The van der Waals surface area contributed by atoms with E-state index in [1.807, 2.05) is 0 Å². The van der Waals surface area contributed by atoms with Gasteiger partial charge in [-0.1, -0.05) is 0 Å². The summed E-state index contributed by atoms with van der Waals surface area (Å²) in [6, 6.07) is 0. The molecule has 0 atom stereocenters. The summed E-state index contributed by atoms with van der Waals surface area (Å²) in [6.45, 7) is 2.06. The molecule has 0 aromatic heterocycles. The van der Waals surface area contributed by atoms with E-state index in [0.717, 1.165) is 5.25 Å². The Kier molecular flexibility index (Phi) is 3.53. The zero-order valence-electron chi connectivity index (χ0n) is 3.55. The van der Waals surface area contributed by atoms with Gasteiger partial charge in [0.15, 0.2) is 0 Å². The Morgan fingerprint density at radius 3 is 1.50 bits per heavy atom. The molecule has 0 bridgehead atoms. The first-order chi connectivity index (χ1) is 2.56. The molecule has 6 heavy (non-hydrogen) atoms. The molecule has 0 fully saturated rings. The molecule has 0 aliphatic carbocycles. The van der Waals surface area contributed by atoms with Gasteiger partial charge in [-0.3, -0.25) is 0 Å². The topological polar surface area (TPSA) is 0 Å². The SMILES string of the molecule is C[CH2][Ge]([SH])([SH])[SH]. The summed E-state index contributed by atoms with van der Waals surface area (Å²) in [6.07, 6.45) is 0. The van der Waals surface area contributed by atoms with Crippen LogP contribution in [0.1, 0.15) is 6.92 Å². The van der Waals surface area contributed by atoms with E-state index >= 15 is 0 Å². The molecular formula is C2H8GeS3. The first-order valence-electron chi connectivity index (χ1n) is 1.73. The summed E-state index contributed by atoms with van der Waals surface area (Å²) in [4.78, 5) is 0. The van der Waals surface area contributed by atoms with Crippen LogP contribution in [0.3, 0.4) is 0 Å². The quantitative estimate of drug-likeness (QED) is 0.417. The van der Waals surface area contributed by atoms with Crippen molar-refractivity contribution in [1.82, 2.24) is 0 Å². The second-order valence-corrected chi connectivity index (χ2v) is 23.3. The van der Waals surface area contributed by atoms with Crippen LogP contribution in [0.4, 0.5) is 0 Å². The molecule has 38 valence electrons. The summed E-state index contributed by atoms with van der Waals surface area (Å²) < 4.78 is 0.